The Kier molecular flexibility index (Phi) is 5.44. The second kappa shape index (κ2) is 7.53. The fourth-order valence-electron chi connectivity index (χ4n) is 1.53. The number of para-hydroxylation sites is 1. The molecule has 0 fully saturated rings. The van der Waals surface area contributed by atoms with E-state index in [-0.39, 0.29) is 5.75 Å². The summed E-state index contributed by atoms with van der Waals surface area (Å²) in [4.78, 5) is 4.22. The first-order chi connectivity index (χ1) is 10.2. The zero-order valence-electron chi connectivity index (χ0n) is 11.8. The first kappa shape index (κ1) is 15.2. The average Bonchev–Trinajstić information content (AvgIpc) is 2.95. The van der Waals surface area contributed by atoms with Crippen molar-refractivity contribution < 1.29 is 9.84 Å². The molecule has 0 bridgehead atoms. The highest BCUT2D eigenvalue weighted by molar-refractivity contribution is 7.99. The summed E-state index contributed by atoms with van der Waals surface area (Å²) in [7, 11) is 1.50. The Bertz CT molecular complexity index is 614. The van der Waals surface area contributed by atoms with Gasteiger partial charge in [0.05, 0.1) is 13.3 Å². The molecule has 21 heavy (non-hydrogen) atoms. The molecule has 0 radical (unpaired) electrons. The predicted molar refractivity (Wildman–Crippen MR) is 83.3 cm³/mol. The Morgan fingerprint density at radius 3 is 3.14 bits per heavy atom. The Hall–Kier alpha value is -2.22. The quantitative estimate of drug-likeness (QED) is 0.413. The molecule has 0 aliphatic heterocycles. The van der Waals surface area contributed by atoms with Crippen LogP contribution in [0.25, 0.3) is 0 Å². The molecule has 0 aliphatic carbocycles. The molecule has 0 unspecified atom stereocenters. The highest BCUT2D eigenvalue weighted by atomic mass is 32.2. The molecular formula is C13H17N5O2S. The van der Waals surface area contributed by atoms with E-state index in [0.29, 0.717) is 22.4 Å². The predicted octanol–water partition coefficient (Wildman–Crippen LogP) is 2.47. The standard InChI is InChI=1S/C13H17N5O2S/c1-3-7-21-13-15-12(17-18-13)16-14-8-9-5-4-6-10(20-2)11(9)19/h4-6,8,19H,3,7H2,1-2H3,(H2,15,16,17,18)/b14-8+. The molecule has 8 heteroatoms. The average molecular weight is 307 g/mol. The van der Waals surface area contributed by atoms with Crippen molar-refractivity contribution >= 4 is 23.9 Å². The van der Waals surface area contributed by atoms with Gasteiger partial charge in [-0.1, -0.05) is 24.8 Å². The van der Waals surface area contributed by atoms with Crippen LogP contribution in [0.2, 0.25) is 0 Å². The summed E-state index contributed by atoms with van der Waals surface area (Å²) in [6.45, 7) is 2.10. The minimum absolute atomic E-state index is 0.0438. The molecule has 1 aromatic carbocycles. The summed E-state index contributed by atoms with van der Waals surface area (Å²) in [5.74, 6) is 1.87. The van der Waals surface area contributed by atoms with Crippen LogP contribution in [0.15, 0.2) is 28.5 Å². The lowest BCUT2D eigenvalue weighted by atomic mass is 10.2. The van der Waals surface area contributed by atoms with Crippen LogP contribution in [-0.2, 0) is 0 Å². The van der Waals surface area contributed by atoms with Gasteiger partial charge in [-0.15, -0.1) is 5.10 Å². The van der Waals surface area contributed by atoms with Gasteiger partial charge in [0.15, 0.2) is 11.5 Å². The Morgan fingerprint density at radius 1 is 1.52 bits per heavy atom. The fraction of sp³-hybridized carbons (Fsp3) is 0.308. The number of hydrogen-bond donors (Lipinski definition) is 3. The second-order valence-electron chi connectivity index (χ2n) is 4.08. The number of nitrogens with one attached hydrogen (secondary N) is 2. The lowest BCUT2D eigenvalue weighted by Gasteiger charge is -2.04. The molecule has 7 nitrogen and oxygen atoms in total. The summed E-state index contributed by atoms with van der Waals surface area (Å²) in [5, 5.41) is 21.4. The summed E-state index contributed by atoms with van der Waals surface area (Å²) < 4.78 is 5.03. The number of phenolic OH excluding ortho intramolecular Hbond substituents is 1. The van der Waals surface area contributed by atoms with E-state index in [4.69, 9.17) is 4.74 Å². The van der Waals surface area contributed by atoms with Crippen molar-refractivity contribution in [3.63, 3.8) is 0 Å². The molecule has 0 saturated heterocycles. The maximum Gasteiger partial charge on any atom is 0.240 e. The van der Waals surface area contributed by atoms with Crippen molar-refractivity contribution in [1.82, 2.24) is 15.2 Å². The minimum atomic E-state index is 0.0438. The number of aromatic amines is 1. The van der Waals surface area contributed by atoms with Gasteiger partial charge >= 0.3 is 0 Å². The Balaban J connectivity index is 1.97. The number of methoxy groups -OCH3 is 1. The third-order valence-electron chi connectivity index (χ3n) is 2.52. The van der Waals surface area contributed by atoms with Gasteiger partial charge in [0.2, 0.25) is 11.1 Å². The normalized spacial score (nSPS) is 11.0. The van der Waals surface area contributed by atoms with Crippen LogP contribution in [0.4, 0.5) is 5.95 Å². The number of anilines is 1. The molecule has 1 aromatic heterocycles. The van der Waals surface area contributed by atoms with Gasteiger partial charge in [-0.25, -0.2) is 10.5 Å². The molecule has 2 aromatic rings. The molecule has 0 atom stereocenters. The highest BCUT2D eigenvalue weighted by Gasteiger charge is 2.05. The third-order valence-corrected chi connectivity index (χ3v) is 3.58. The van der Waals surface area contributed by atoms with Crippen molar-refractivity contribution in [1.29, 1.82) is 0 Å². The van der Waals surface area contributed by atoms with Gasteiger partial charge in [-0.3, -0.25) is 0 Å². The molecule has 0 spiro atoms. The molecule has 0 aliphatic rings. The number of rotatable bonds is 7. The van der Waals surface area contributed by atoms with Crippen molar-refractivity contribution in [3.8, 4) is 11.5 Å². The fourth-order valence-corrected chi connectivity index (χ4v) is 2.18. The molecule has 1 heterocycles. The first-order valence-electron chi connectivity index (χ1n) is 6.44. The van der Waals surface area contributed by atoms with E-state index in [1.807, 2.05) is 0 Å². The first-order valence-corrected chi connectivity index (χ1v) is 7.43. The third kappa shape index (κ3) is 4.12. The maximum absolute atomic E-state index is 9.90. The van der Waals surface area contributed by atoms with Crippen molar-refractivity contribution in [3.05, 3.63) is 23.8 Å². The number of H-pyrrole nitrogens is 1. The van der Waals surface area contributed by atoms with E-state index in [1.54, 1.807) is 30.0 Å². The topological polar surface area (TPSA) is 95.4 Å². The van der Waals surface area contributed by atoms with E-state index >= 15 is 0 Å². The summed E-state index contributed by atoms with van der Waals surface area (Å²) in [6.07, 6.45) is 2.55. The number of aromatic hydroxyl groups is 1. The van der Waals surface area contributed by atoms with Crippen molar-refractivity contribution in [2.75, 3.05) is 18.3 Å². The van der Waals surface area contributed by atoms with Crippen LogP contribution in [-0.4, -0.2) is 39.4 Å². The molecule has 0 amide bonds. The van der Waals surface area contributed by atoms with E-state index < -0.39 is 0 Å². The van der Waals surface area contributed by atoms with Crippen molar-refractivity contribution in [2.24, 2.45) is 5.10 Å². The van der Waals surface area contributed by atoms with Crippen LogP contribution in [0.1, 0.15) is 18.9 Å². The van der Waals surface area contributed by atoms with Crippen LogP contribution in [0.5, 0.6) is 11.5 Å². The van der Waals surface area contributed by atoms with E-state index in [0.717, 1.165) is 12.2 Å². The SMILES string of the molecule is CCCSc1n[nH]c(N/N=C/c2cccc(OC)c2O)n1. The number of hydrazone groups is 1. The van der Waals surface area contributed by atoms with E-state index in [9.17, 15) is 5.11 Å². The molecule has 2 rings (SSSR count). The summed E-state index contributed by atoms with van der Waals surface area (Å²) >= 11 is 1.58. The van der Waals surface area contributed by atoms with Gasteiger partial charge in [0.25, 0.3) is 0 Å². The number of nitrogens with zero attached hydrogens (tertiary/aromatic N) is 3. The van der Waals surface area contributed by atoms with E-state index in [2.05, 4.69) is 32.6 Å². The van der Waals surface area contributed by atoms with Crippen LogP contribution in [0.3, 0.4) is 0 Å². The van der Waals surface area contributed by atoms with Crippen LogP contribution in [0, 0.1) is 0 Å². The van der Waals surface area contributed by atoms with Crippen molar-refractivity contribution in [2.45, 2.75) is 18.5 Å². The van der Waals surface area contributed by atoms with Gasteiger partial charge in [-0.05, 0) is 18.6 Å². The largest absolute Gasteiger partial charge is 0.504 e. The van der Waals surface area contributed by atoms with Crippen LogP contribution < -0.4 is 10.2 Å². The Morgan fingerprint density at radius 2 is 2.38 bits per heavy atom. The number of ether oxygens (including phenoxy) is 1. The van der Waals surface area contributed by atoms with Gasteiger partial charge in [0, 0.05) is 11.3 Å². The number of phenols is 1. The zero-order valence-corrected chi connectivity index (χ0v) is 12.6. The van der Waals surface area contributed by atoms with E-state index in [1.165, 1.54) is 13.3 Å². The molecule has 0 saturated carbocycles. The van der Waals surface area contributed by atoms with Crippen LogP contribution >= 0.6 is 11.8 Å². The summed E-state index contributed by atoms with van der Waals surface area (Å²) in [5.41, 5.74) is 3.27. The number of aromatic nitrogens is 3. The maximum atomic E-state index is 9.90. The minimum Gasteiger partial charge on any atom is -0.504 e. The molecule has 3 N–H and O–H groups in total. The molecule has 112 valence electrons. The van der Waals surface area contributed by atoms with Gasteiger partial charge in [0.1, 0.15) is 0 Å². The number of thioether (sulfide) groups is 1. The monoisotopic (exact) mass is 307 g/mol. The van der Waals surface area contributed by atoms with Gasteiger partial charge in [-0.2, -0.15) is 10.1 Å². The lowest BCUT2D eigenvalue weighted by Crippen LogP contribution is -1.94. The smallest absolute Gasteiger partial charge is 0.240 e. The highest BCUT2D eigenvalue weighted by Crippen LogP contribution is 2.27. The zero-order chi connectivity index (χ0) is 15.1. The summed E-state index contributed by atoms with van der Waals surface area (Å²) in [6, 6.07) is 5.17. The Labute approximate surface area is 126 Å². The second-order valence-corrected chi connectivity index (χ2v) is 5.15. The lowest BCUT2D eigenvalue weighted by molar-refractivity contribution is 0.373. The van der Waals surface area contributed by atoms with Gasteiger partial charge < -0.3 is 9.84 Å². The molecular weight excluding hydrogens is 290 g/mol. The number of hydrogen-bond acceptors (Lipinski definition) is 7. The number of benzene rings is 1.